The summed E-state index contributed by atoms with van der Waals surface area (Å²) in [6.07, 6.45) is 3.70. The van der Waals surface area contributed by atoms with Gasteiger partial charge in [-0.25, -0.2) is 10.3 Å². The third-order valence-electron chi connectivity index (χ3n) is 0.781. The smallest absolute Gasteiger partial charge is 0.265 e. The molecule has 0 atom stereocenters. The molecule has 1 rings (SSSR count). The molecule has 0 fully saturated rings. The molecule has 3 nitrogen and oxygen atoms in total. The van der Waals surface area contributed by atoms with E-state index < -0.39 is 0 Å². The van der Waals surface area contributed by atoms with Gasteiger partial charge < -0.3 is 0 Å². The van der Waals surface area contributed by atoms with Crippen molar-refractivity contribution >= 4 is 11.6 Å². The highest BCUT2D eigenvalue weighted by molar-refractivity contribution is 6.38. The molecule has 0 unspecified atom stereocenters. The van der Waals surface area contributed by atoms with Crippen LogP contribution >= 0.6 is 0 Å². The van der Waals surface area contributed by atoms with Crippen molar-refractivity contribution in [1.82, 2.24) is 5.32 Å². The number of amides is 1. The molecule has 0 aliphatic carbocycles. The van der Waals surface area contributed by atoms with Crippen molar-refractivity contribution in [3.05, 3.63) is 12.4 Å². The Hall–Kier alpha value is -1.12. The molecule has 0 aromatic heterocycles. The Balaban J connectivity index is 2.80. The Morgan fingerprint density at radius 2 is 2.50 bits per heavy atom. The molecule has 1 aliphatic rings. The molecule has 40 valence electrons. The number of hydrogen-bond acceptors (Lipinski definition) is 2. The van der Waals surface area contributed by atoms with E-state index in [1.807, 2.05) is 0 Å². The van der Waals surface area contributed by atoms with Crippen molar-refractivity contribution in [2.75, 3.05) is 0 Å². The van der Waals surface area contributed by atoms with Gasteiger partial charge in [0.25, 0.3) is 5.91 Å². The van der Waals surface area contributed by atoms with Gasteiger partial charge in [-0.15, -0.1) is 0 Å². The second kappa shape index (κ2) is 1.78. The summed E-state index contributed by atoms with van der Waals surface area (Å²) >= 11 is 0. The standard InChI is InChI=1S/C5H4N2O/c1-4-5(8)7-3-2-6-4/h3H,1H3. The Labute approximate surface area is 47.1 Å². The molecule has 0 aromatic carbocycles. The van der Waals surface area contributed by atoms with Crippen molar-refractivity contribution in [3.63, 3.8) is 0 Å². The maximum Gasteiger partial charge on any atom is 0.291 e. The van der Waals surface area contributed by atoms with E-state index in [0.29, 0.717) is 5.71 Å². The first-order valence-electron chi connectivity index (χ1n) is 2.17. The summed E-state index contributed by atoms with van der Waals surface area (Å²) in [5.74, 6) is -0.274. The van der Waals surface area contributed by atoms with Gasteiger partial charge >= 0.3 is 0 Å². The van der Waals surface area contributed by atoms with Crippen molar-refractivity contribution < 1.29 is 4.79 Å². The summed E-state index contributed by atoms with van der Waals surface area (Å²) in [5, 5.41) is 3.41. The van der Waals surface area contributed by atoms with E-state index in [2.05, 4.69) is 16.5 Å². The first kappa shape index (κ1) is 5.03. The van der Waals surface area contributed by atoms with Crippen molar-refractivity contribution in [1.29, 1.82) is 0 Å². The summed E-state index contributed by atoms with van der Waals surface area (Å²) in [4.78, 5) is 14.0. The van der Waals surface area contributed by atoms with E-state index >= 15 is 0 Å². The van der Waals surface area contributed by atoms with Crippen molar-refractivity contribution in [3.8, 4) is 0 Å². The molecule has 8 heavy (non-hydrogen) atoms. The molecule has 1 amide bonds. The molecule has 0 spiro atoms. The fourth-order valence-electron chi connectivity index (χ4n) is 0.354. The van der Waals surface area contributed by atoms with Crippen LogP contribution in [0.25, 0.3) is 0 Å². The highest BCUT2D eigenvalue weighted by Crippen LogP contribution is 1.86. The average molecular weight is 108 g/mol. The van der Waals surface area contributed by atoms with E-state index in [0.717, 1.165) is 0 Å². The van der Waals surface area contributed by atoms with Gasteiger partial charge in [0, 0.05) is 0 Å². The van der Waals surface area contributed by atoms with Gasteiger partial charge in [-0.05, 0) is 6.92 Å². The molecular formula is C5H4N2O. The summed E-state index contributed by atoms with van der Waals surface area (Å²) < 4.78 is 0. The molecule has 0 saturated heterocycles. The molecule has 1 aliphatic heterocycles. The van der Waals surface area contributed by atoms with Crippen LogP contribution in [0, 0.1) is 6.20 Å². The van der Waals surface area contributed by atoms with Crippen LogP contribution in [-0.4, -0.2) is 11.6 Å². The van der Waals surface area contributed by atoms with Gasteiger partial charge in [0.1, 0.15) is 11.9 Å². The normalized spacial score (nSPS) is 17.6. The van der Waals surface area contributed by atoms with Crippen LogP contribution in [0.5, 0.6) is 0 Å². The lowest BCUT2D eigenvalue weighted by atomic mass is 10.4. The minimum atomic E-state index is -0.274. The molecule has 0 bridgehead atoms. The minimum absolute atomic E-state index is 0.274. The Bertz CT molecular complexity index is 169. The molecule has 0 saturated carbocycles. The molecule has 0 aromatic rings. The average Bonchev–Trinajstić information content (AvgIpc) is 1.77. The van der Waals surface area contributed by atoms with Crippen LogP contribution in [0.1, 0.15) is 6.92 Å². The zero-order valence-corrected chi connectivity index (χ0v) is 4.38. The van der Waals surface area contributed by atoms with Crippen molar-refractivity contribution in [2.45, 2.75) is 6.92 Å². The monoisotopic (exact) mass is 108 g/mol. The fourth-order valence-corrected chi connectivity index (χ4v) is 0.354. The fraction of sp³-hybridized carbons (Fsp3) is 0.200. The highest BCUT2D eigenvalue weighted by Gasteiger charge is 2.06. The predicted molar refractivity (Wildman–Crippen MR) is 28.1 cm³/mol. The highest BCUT2D eigenvalue weighted by atomic mass is 16.1. The van der Waals surface area contributed by atoms with E-state index in [9.17, 15) is 4.79 Å². The lowest BCUT2D eigenvalue weighted by Crippen LogP contribution is -2.20. The number of aliphatic imine (C=N–C) groups is 1. The van der Waals surface area contributed by atoms with Gasteiger partial charge in [0.15, 0.2) is 0 Å². The van der Waals surface area contributed by atoms with Crippen molar-refractivity contribution in [2.24, 2.45) is 4.99 Å². The largest absolute Gasteiger partial charge is 0.291 e. The van der Waals surface area contributed by atoms with E-state index in [4.69, 9.17) is 0 Å². The first-order valence-corrected chi connectivity index (χ1v) is 2.17. The molecule has 1 heterocycles. The van der Waals surface area contributed by atoms with Gasteiger partial charge in [0.05, 0.1) is 6.20 Å². The zero-order valence-electron chi connectivity index (χ0n) is 4.38. The lowest BCUT2D eigenvalue weighted by molar-refractivity contribution is -0.114. The van der Waals surface area contributed by atoms with Crippen LogP contribution in [0.15, 0.2) is 11.2 Å². The molecule has 2 radical (unpaired) electrons. The lowest BCUT2D eigenvalue weighted by Gasteiger charge is -1.96. The first-order chi connectivity index (χ1) is 3.80. The van der Waals surface area contributed by atoms with Crippen LogP contribution in [0.4, 0.5) is 0 Å². The molecule has 3 heteroatoms. The van der Waals surface area contributed by atoms with E-state index in [1.54, 1.807) is 6.92 Å². The van der Waals surface area contributed by atoms with Crippen LogP contribution in [0.2, 0.25) is 0 Å². The van der Waals surface area contributed by atoms with Gasteiger partial charge in [-0.1, -0.05) is 0 Å². The summed E-state index contributed by atoms with van der Waals surface area (Å²) in [7, 11) is 0. The van der Waals surface area contributed by atoms with Gasteiger partial charge in [-0.2, -0.15) is 0 Å². The zero-order chi connectivity index (χ0) is 5.98. The second-order valence-electron chi connectivity index (χ2n) is 1.39. The number of rotatable bonds is 0. The van der Waals surface area contributed by atoms with Gasteiger partial charge in [-0.3, -0.25) is 4.79 Å². The summed E-state index contributed by atoms with van der Waals surface area (Å²) in [6, 6.07) is 0. The number of carbonyl (C=O) groups excluding carboxylic acids is 1. The van der Waals surface area contributed by atoms with Crippen LogP contribution < -0.4 is 5.32 Å². The second-order valence-corrected chi connectivity index (χ2v) is 1.39. The maximum absolute atomic E-state index is 10.4. The number of carbonyl (C=O) groups is 1. The minimum Gasteiger partial charge on any atom is -0.265 e. The summed E-state index contributed by atoms with van der Waals surface area (Å²) in [5.41, 5.74) is 0.396. The number of hydrogen-bond donors (Lipinski definition) is 0. The molecular weight excluding hydrogens is 104 g/mol. The van der Waals surface area contributed by atoms with Crippen LogP contribution in [0.3, 0.4) is 0 Å². The Morgan fingerprint density at radius 3 is 2.88 bits per heavy atom. The Kier molecular flexibility index (Phi) is 1.12. The summed E-state index contributed by atoms with van der Waals surface area (Å²) in [6.45, 7) is 1.60. The van der Waals surface area contributed by atoms with E-state index in [-0.39, 0.29) is 5.91 Å². The molecule has 0 N–H and O–H groups in total. The Morgan fingerprint density at radius 1 is 1.75 bits per heavy atom. The quantitative estimate of drug-likeness (QED) is 0.426. The SMILES string of the molecule is CC1=N[C]=C[N]C1=O. The predicted octanol–water partition coefficient (Wildman–Crippen LogP) is -0.134. The van der Waals surface area contributed by atoms with Gasteiger partial charge in [0.2, 0.25) is 0 Å². The third kappa shape index (κ3) is 0.753. The van der Waals surface area contributed by atoms with Crippen LogP contribution in [-0.2, 0) is 4.79 Å². The van der Waals surface area contributed by atoms with E-state index in [1.165, 1.54) is 6.20 Å². The topological polar surface area (TPSA) is 43.5 Å². The number of nitrogens with zero attached hydrogens (tertiary/aromatic N) is 2. The maximum atomic E-state index is 10.4. The third-order valence-corrected chi connectivity index (χ3v) is 0.781.